The summed E-state index contributed by atoms with van der Waals surface area (Å²) < 4.78 is 5.22. The fourth-order valence-electron chi connectivity index (χ4n) is 1.19. The molecule has 0 saturated heterocycles. The molecular formula is C9H9N2NaO3S2. The number of hydrogen-bond acceptors (Lipinski definition) is 7. The van der Waals surface area contributed by atoms with Crippen LogP contribution < -0.4 is 0 Å². The average molecular weight is 280 g/mol. The summed E-state index contributed by atoms with van der Waals surface area (Å²) in [6.45, 7) is 0. The van der Waals surface area contributed by atoms with Crippen LogP contribution in [0.5, 0.6) is 5.75 Å². The van der Waals surface area contributed by atoms with Gasteiger partial charge in [0.2, 0.25) is 0 Å². The van der Waals surface area contributed by atoms with Gasteiger partial charge in [-0.1, -0.05) is 11.8 Å². The summed E-state index contributed by atoms with van der Waals surface area (Å²) in [6.07, 6.45) is 3.43. The molecule has 0 aliphatic carbocycles. The second-order valence-corrected chi connectivity index (χ2v) is 4.67. The predicted molar refractivity (Wildman–Crippen MR) is 69.3 cm³/mol. The van der Waals surface area contributed by atoms with E-state index in [9.17, 15) is 9.90 Å². The molecule has 86 valence electrons. The van der Waals surface area contributed by atoms with E-state index < -0.39 is 5.97 Å². The fourth-order valence-corrected chi connectivity index (χ4v) is 2.46. The molecule has 8 heteroatoms. The standard InChI is InChI=1S/C9H8N2O3S2.Na.H/c1-14-8(13)7-6(12)5-4(16-7)3-10-9(11-5)15-2;;/h3,12H,1-2H3;;. The molecule has 17 heavy (non-hydrogen) atoms. The zero-order valence-electron chi connectivity index (χ0n) is 8.55. The van der Waals surface area contributed by atoms with Crippen molar-refractivity contribution in [2.75, 3.05) is 13.4 Å². The number of esters is 1. The van der Waals surface area contributed by atoms with E-state index >= 15 is 0 Å². The first-order chi connectivity index (χ1) is 7.67. The van der Waals surface area contributed by atoms with E-state index in [1.165, 1.54) is 18.9 Å². The quantitative estimate of drug-likeness (QED) is 0.386. The SMILES string of the molecule is COC(=O)c1sc2cnc(SC)nc2c1O.[NaH]. The van der Waals surface area contributed by atoms with E-state index in [1.807, 2.05) is 6.26 Å². The summed E-state index contributed by atoms with van der Waals surface area (Å²) in [5, 5.41) is 10.4. The zero-order valence-corrected chi connectivity index (χ0v) is 10.2. The van der Waals surface area contributed by atoms with Gasteiger partial charge < -0.3 is 9.84 Å². The van der Waals surface area contributed by atoms with E-state index in [2.05, 4.69) is 14.7 Å². The number of aromatic nitrogens is 2. The molecule has 0 spiro atoms. The Morgan fingerprint density at radius 1 is 1.59 bits per heavy atom. The molecule has 1 N–H and O–H groups in total. The van der Waals surface area contributed by atoms with Crippen molar-refractivity contribution >= 4 is 68.8 Å². The predicted octanol–water partition coefficient (Wildman–Crippen LogP) is 1.26. The summed E-state index contributed by atoms with van der Waals surface area (Å²) in [5.41, 5.74) is 0.393. The van der Waals surface area contributed by atoms with Crippen LogP contribution in [0.4, 0.5) is 0 Å². The van der Waals surface area contributed by atoms with Crippen molar-refractivity contribution < 1.29 is 14.6 Å². The molecule has 0 bridgehead atoms. The van der Waals surface area contributed by atoms with E-state index in [4.69, 9.17) is 0 Å². The van der Waals surface area contributed by atoms with Crippen LogP contribution in [0.2, 0.25) is 0 Å². The van der Waals surface area contributed by atoms with Crippen molar-refractivity contribution in [1.82, 2.24) is 9.97 Å². The first-order valence-corrected chi connectivity index (χ1v) is 6.32. The number of carbonyl (C=O) groups excluding carboxylic acids is 1. The van der Waals surface area contributed by atoms with Crippen molar-refractivity contribution in [3.8, 4) is 5.75 Å². The van der Waals surface area contributed by atoms with Gasteiger partial charge in [0.25, 0.3) is 0 Å². The van der Waals surface area contributed by atoms with E-state index in [-0.39, 0.29) is 40.2 Å². The van der Waals surface area contributed by atoms with Crippen LogP contribution in [0, 0.1) is 0 Å². The van der Waals surface area contributed by atoms with Crippen LogP contribution in [0.25, 0.3) is 10.2 Å². The number of hydrogen-bond donors (Lipinski definition) is 1. The molecule has 0 aliphatic rings. The van der Waals surface area contributed by atoms with Crippen molar-refractivity contribution in [2.24, 2.45) is 0 Å². The Labute approximate surface area is 128 Å². The number of carbonyl (C=O) groups is 1. The average Bonchev–Trinajstić information content (AvgIpc) is 2.65. The summed E-state index contributed by atoms with van der Waals surface area (Å²) in [6, 6.07) is 0. The maximum atomic E-state index is 11.3. The van der Waals surface area contributed by atoms with Crippen LogP contribution in [0.15, 0.2) is 11.4 Å². The third-order valence-electron chi connectivity index (χ3n) is 1.94. The Balaban J connectivity index is 0.00000144. The minimum atomic E-state index is -0.564. The number of methoxy groups -OCH3 is 1. The minimum absolute atomic E-state index is 0. The Morgan fingerprint density at radius 3 is 2.88 bits per heavy atom. The topological polar surface area (TPSA) is 72.3 Å². The number of rotatable bonds is 2. The van der Waals surface area contributed by atoms with Crippen molar-refractivity contribution in [2.45, 2.75) is 5.16 Å². The van der Waals surface area contributed by atoms with Gasteiger partial charge in [-0.3, -0.25) is 0 Å². The van der Waals surface area contributed by atoms with Gasteiger partial charge in [0.1, 0.15) is 5.52 Å². The maximum absolute atomic E-state index is 11.3. The summed E-state index contributed by atoms with van der Waals surface area (Å²) in [4.78, 5) is 19.7. The summed E-state index contributed by atoms with van der Waals surface area (Å²) >= 11 is 2.49. The number of thioether (sulfide) groups is 1. The van der Waals surface area contributed by atoms with Gasteiger partial charge in [0.15, 0.2) is 15.8 Å². The molecule has 0 radical (unpaired) electrons. The normalized spacial score (nSPS) is 10.0. The fraction of sp³-hybridized carbons (Fsp3) is 0.222. The van der Waals surface area contributed by atoms with Gasteiger partial charge in [-0.2, -0.15) is 0 Å². The Bertz CT molecular complexity index is 558. The molecule has 0 aromatic carbocycles. The molecule has 0 atom stereocenters. The van der Waals surface area contributed by atoms with Gasteiger partial charge in [0.05, 0.1) is 11.8 Å². The molecule has 2 aromatic heterocycles. The second-order valence-electron chi connectivity index (χ2n) is 2.84. The molecule has 0 aliphatic heterocycles. The van der Waals surface area contributed by atoms with Gasteiger partial charge in [-0.25, -0.2) is 14.8 Å². The van der Waals surface area contributed by atoms with Gasteiger partial charge >= 0.3 is 35.5 Å². The van der Waals surface area contributed by atoms with Crippen LogP contribution in [0.3, 0.4) is 0 Å². The van der Waals surface area contributed by atoms with Crippen molar-refractivity contribution in [3.63, 3.8) is 0 Å². The first kappa shape index (κ1) is 14.7. The van der Waals surface area contributed by atoms with Crippen LogP contribution in [0.1, 0.15) is 9.67 Å². The molecule has 0 fully saturated rings. The van der Waals surface area contributed by atoms with E-state index in [1.54, 1.807) is 6.20 Å². The summed E-state index contributed by atoms with van der Waals surface area (Å²) in [7, 11) is 1.27. The van der Waals surface area contributed by atoms with Gasteiger partial charge in [-0.15, -0.1) is 11.3 Å². The van der Waals surface area contributed by atoms with Gasteiger partial charge in [-0.05, 0) is 6.26 Å². The number of aromatic hydroxyl groups is 1. The Kier molecular flexibility index (Phi) is 5.21. The molecule has 2 aromatic rings. The third kappa shape index (κ3) is 2.74. The molecule has 0 saturated carbocycles. The third-order valence-corrected chi connectivity index (χ3v) is 3.58. The Morgan fingerprint density at radius 2 is 2.29 bits per heavy atom. The van der Waals surface area contributed by atoms with E-state index in [0.29, 0.717) is 15.4 Å². The molecular weight excluding hydrogens is 271 g/mol. The van der Waals surface area contributed by atoms with Crippen LogP contribution in [-0.2, 0) is 4.74 Å². The molecule has 2 heterocycles. The zero-order chi connectivity index (χ0) is 11.7. The Hall–Kier alpha value is -0.340. The van der Waals surface area contributed by atoms with Crippen LogP contribution in [-0.4, -0.2) is 64.0 Å². The number of ether oxygens (including phenoxy) is 1. The number of fused-ring (bicyclic) bond motifs is 1. The monoisotopic (exact) mass is 280 g/mol. The van der Waals surface area contributed by atoms with Crippen molar-refractivity contribution in [1.29, 1.82) is 0 Å². The number of nitrogens with zero attached hydrogens (tertiary/aromatic N) is 2. The van der Waals surface area contributed by atoms with Crippen LogP contribution >= 0.6 is 23.1 Å². The van der Waals surface area contributed by atoms with Gasteiger partial charge in [0, 0.05) is 6.20 Å². The van der Waals surface area contributed by atoms with Crippen molar-refractivity contribution in [3.05, 3.63) is 11.1 Å². The molecule has 2 rings (SSSR count). The summed E-state index contributed by atoms with van der Waals surface area (Å²) in [5.74, 6) is -0.698. The second kappa shape index (κ2) is 6.01. The molecule has 0 amide bonds. The van der Waals surface area contributed by atoms with E-state index in [0.717, 1.165) is 11.3 Å². The molecule has 5 nitrogen and oxygen atoms in total. The molecule has 0 unspecified atom stereocenters. The first-order valence-electron chi connectivity index (χ1n) is 4.28. The number of thiophene rings is 1.